The van der Waals surface area contributed by atoms with E-state index >= 15 is 0 Å². The third-order valence-electron chi connectivity index (χ3n) is 3.57. The van der Waals surface area contributed by atoms with Crippen molar-refractivity contribution in [2.75, 3.05) is 18.5 Å². The van der Waals surface area contributed by atoms with Crippen LogP contribution in [0, 0.1) is 0 Å². The van der Waals surface area contributed by atoms with E-state index in [1.165, 1.54) is 18.2 Å². The summed E-state index contributed by atoms with van der Waals surface area (Å²) in [5.41, 5.74) is -0.0409. The first-order valence-electron chi connectivity index (χ1n) is 7.85. The molecule has 1 aliphatic rings. The highest BCUT2D eigenvalue weighted by atomic mass is 32.2. The van der Waals surface area contributed by atoms with Crippen LogP contribution < -0.4 is 10.0 Å². The topological polar surface area (TPSA) is 105 Å². The minimum absolute atomic E-state index is 0.0719. The molecule has 0 amide bonds. The summed E-state index contributed by atoms with van der Waals surface area (Å²) in [7, 11) is -3.79. The minimum atomic E-state index is -3.79. The van der Waals surface area contributed by atoms with Crippen LogP contribution in [-0.4, -0.2) is 44.3 Å². The number of carboxylic acids is 1. The third kappa shape index (κ3) is 4.93. The lowest BCUT2D eigenvalue weighted by atomic mass is 10.1. The Bertz CT molecular complexity index is 704. The highest BCUT2D eigenvalue weighted by Crippen LogP contribution is 2.24. The second-order valence-corrected chi connectivity index (χ2v) is 8.64. The Morgan fingerprint density at radius 2 is 2.08 bits per heavy atom. The fraction of sp³-hybridized carbons (Fsp3) is 0.562. The summed E-state index contributed by atoms with van der Waals surface area (Å²) in [6.07, 6.45) is 1.61. The summed E-state index contributed by atoms with van der Waals surface area (Å²) in [5.74, 6) is -1.18. The summed E-state index contributed by atoms with van der Waals surface area (Å²) in [5, 5.41) is 12.5. The molecule has 0 spiro atoms. The Kier molecular flexibility index (Phi) is 5.52. The number of hydrogen-bond donors (Lipinski definition) is 3. The van der Waals surface area contributed by atoms with Crippen molar-refractivity contribution in [1.29, 1.82) is 0 Å². The molecule has 0 aromatic heterocycles. The first kappa shape index (κ1) is 18.7. The first-order valence-corrected chi connectivity index (χ1v) is 9.33. The molecule has 1 heterocycles. The van der Waals surface area contributed by atoms with Gasteiger partial charge in [-0.1, -0.05) is 0 Å². The molecule has 1 aliphatic heterocycles. The molecule has 0 bridgehead atoms. The number of anilines is 1. The van der Waals surface area contributed by atoms with Gasteiger partial charge < -0.3 is 15.2 Å². The summed E-state index contributed by atoms with van der Waals surface area (Å²) < 4.78 is 32.6. The average Bonchev–Trinajstić information content (AvgIpc) is 2.97. The molecule has 1 unspecified atom stereocenters. The zero-order chi connectivity index (χ0) is 18.0. The molecule has 1 fully saturated rings. The van der Waals surface area contributed by atoms with Crippen LogP contribution in [-0.2, 0) is 14.8 Å². The van der Waals surface area contributed by atoms with Gasteiger partial charge in [-0.3, -0.25) is 0 Å². The van der Waals surface area contributed by atoms with E-state index in [0.29, 0.717) is 12.3 Å². The van der Waals surface area contributed by atoms with Crippen molar-refractivity contribution in [1.82, 2.24) is 4.72 Å². The first-order chi connectivity index (χ1) is 11.1. The molecule has 8 heteroatoms. The number of carboxylic acid groups (broad SMARTS) is 1. The van der Waals surface area contributed by atoms with Gasteiger partial charge >= 0.3 is 5.97 Å². The lowest BCUT2D eigenvalue weighted by molar-refractivity contribution is 0.0697. The number of rotatable bonds is 6. The second-order valence-electron chi connectivity index (χ2n) is 6.87. The zero-order valence-electron chi connectivity index (χ0n) is 14.1. The van der Waals surface area contributed by atoms with Crippen molar-refractivity contribution < 1.29 is 23.1 Å². The summed E-state index contributed by atoms with van der Waals surface area (Å²) in [6, 6.07) is 4.06. The summed E-state index contributed by atoms with van der Waals surface area (Å²) in [6.45, 7) is 6.51. The van der Waals surface area contributed by atoms with Gasteiger partial charge in [0.2, 0.25) is 10.0 Å². The maximum Gasteiger partial charge on any atom is 0.337 e. The molecule has 134 valence electrons. The lowest BCUT2D eigenvalue weighted by Gasteiger charge is -2.23. The Morgan fingerprint density at radius 3 is 2.62 bits per heavy atom. The number of sulfonamides is 1. The monoisotopic (exact) mass is 356 g/mol. The minimum Gasteiger partial charge on any atom is -0.478 e. The fourth-order valence-electron chi connectivity index (χ4n) is 2.47. The van der Waals surface area contributed by atoms with Gasteiger partial charge in [-0.15, -0.1) is 0 Å². The highest BCUT2D eigenvalue weighted by molar-refractivity contribution is 7.89. The molecule has 2 rings (SSSR count). The quantitative estimate of drug-likeness (QED) is 0.720. The van der Waals surface area contributed by atoms with E-state index < -0.39 is 16.0 Å². The number of carbonyl (C=O) groups is 1. The van der Waals surface area contributed by atoms with Gasteiger partial charge in [-0.2, -0.15) is 0 Å². The van der Waals surface area contributed by atoms with Crippen molar-refractivity contribution >= 4 is 21.7 Å². The SMILES string of the molecule is CC(C)(C)Nc1ccc(S(=O)(=O)NCC2CCCO2)cc1C(=O)O. The van der Waals surface area contributed by atoms with E-state index in [1.54, 1.807) is 0 Å². The lowest BCUT2D eigenvalue weighted by Crippen LogP contribution is -2.32. The van der Waals surface area contributed by atoms with E-state index in [0.717, 1.165) is 12.8 Å². The van der Waals surface area contributed by atoms with Crippen LogP contribution >= 0.6 is 0 Å². The van der Waals surface area contributed by atoms with Crippen LogP contribution in [0.4, 0.5) is 5.69 Å². The van der Waals surface area contributed by atoms with Crippen molar-refractivity contribution in [3.8, 4) is 0 Å². The van der Waals surface area contributed by atoms with Crippen LogP contribution in [0.2, 0.25) is 0 Å². The van der Waals surface area contributed by atoms with Crippen LogP contribution in [0.15, 0.2) is 23.1 Å². The Morgan fingerprint density at radius 1 is 1.38 bits per heavy atom. The van der Waals surface area contributed by atoms with Gasteiger partial charge in [0.25, 0.3) is 0 Å². The van der Waals surface area contributed by atoms with Crippen molar-refractivity contribution in [2.45, 2.75) is 50.2 Å². The molecule has 1 saturated heterocycles. The van der Waals surface area contributed by atoms with Gasteiger partial charge in [0.1, 0.15) is 0 Å². The predicted molar refractivity (Wildman–Crippen MR) is 90.9 cm³/mol. The van der Waals surface area contributed by atoms with Crippen LogP contribution in [0.25, 0.3) is 0 Å². The standard InChI is InChI=1S/C16H24N2O5S/c1-16(2,3)18-14-7-6-12(9-13(14)15(19)20)24(21,22)17-10-11-5-4-8-23-11/h6-7,9,11,17-18H,4-5,8,10H2,1-3H3,(H,19,20). The normalized spacial score (nSPS) is 18.5. The molecule has 1 atom stereocenters. The van der Waals surface area contributed by atoms with Crippen LogP contribution in [0.3, 0.4) is 0 Å². The van der Waals surface area contributed by atoms with E-state index in [4.69, 9.17) is 4.74 Å². The molecule has 0 saturated carbocycles. The Labute approximate surface area is 142 Å². The van der Waals surface area contributed by atoms with E-state index in [1.807, 2.05) is 20.8 Å². The molecule has 0 radical (unpaired) electrons. The van der Waals surface area contributed by atoms with Crippen molar-refractivity contribution in [2.24, 2.45) is 0 Å². The van der Waals surface area contributed by atoms with Gasteiger partial charge in [0.15, 0.2) is 0 Å². The Balaban J connectivity index is 2.23. The number of benzene rings is 1. The molecular weight excluding hydrogens is 332 g/mol. The number of aromatic carboxylic acids is 1. The molecule has 0 aliphatic carbocycles. The largest absolute Gasteiger partial charge is 0.478 e. The fourth-order valence-corrected chi connectivity index (χ4v) is 3.56. The number of hydrogen-bond acceptors (Lipinski definition) is 5. The molecular formula is C16H24N2O5S. The molecule has 3 N–H and O–H groups in total. The number of nitrogens with one attached hydrogen (secondary N) is 2. The maximum absolute atomic E-state index is 12.4. The number of ether oxygens (including phenoxy) is 1. The molecule has 1 aromatic carbocycles. The zero-order valence-corrected chi connectivity index (χ0v) is 14.9. The third-order valence-corrected chi connectivity index (χ3v) is 4.99. The van der Waals surface area contributed by atoms with E-state index in [9.17, 15) is 18.3 Å². The molecule has 7 nitrogen and oxygen atoms in total. The smallest absolute Gasteiger partial charge is 0.337 e. The molecule has 24 heavy (non-hydrogen) atoms. The van der Waals surface area contributed by atoms with Crippen molar-refractivity contribution in [3.63, 3.8) is 0 Å². The van der Waals surface area contributed by atoms with E-state index in [2.05, 4.69) is 10.0 Å². The summed E-state index contributed by atoms with van der Waals surface area (Å²) >= 11 is 0. The second kappa shape index (κ2) is 7.08. The van der Waals surface area contributed by atoms with Gasteiger partial charge in [0, 0.05) is 24.4 Å². The predicted octanol–water partition coefficient (Wildman–Crippen LogP) is 2.05. The highest BCUT2D eigenvalue weighted by Gasteiger charge is 2.23. The van der Waals surface area contributed by atoms with Gasteiger partial charge in [-0.25, -0.2) is 17.9 Å². The maximum atomic E-state index is 12.4. The molecule has 1 aromatic rings. The van der Waals surface area contributed by atoms with Crippen LogP contribution in [0.1, 0.15) is 44.0 Å². The van der Waals surface area contributed by atoms with Gasteiger partial charge in [0.05, 0.1) is 16.6 Å². The van der Waals surface area contributed by atoms with E-state index in [-0.39, 0.29) is 28.6 Å². The average molecular weight is 356 g/mol. The summed E-state index contributed by atoms with van der Waals surface area (Å²) in [4.78, 5) is 11.4. The van der Waals surface area contributed by atoms with Crippen molar-refractivity contribution in [3.05, 3.63) is 23.8 Å². The van der Waals surface area contributed by atoms with Gasteiger partial charge in [-0.05, 0) is 51.8 Å². The Hall–Kier alpha value is -1.64. The van der Waals surface area contributed by atoms with Crippen LogP contribution in [0.5, 0.6) is 0 Å².